The van der Waals surface area contributed by atoms with E-state index in [-0.39, 0.29) is 11.5 Å². The predicted molar refractivity (Wildman–Crippen MR) is 90.9 cm³/mol. The van der Waals surface area contributed by atoms with Gasteiger partial charge in [0.15, 0.2) is 0 Å². The number of rotatable bonds is 2. The van der Waals surface area contributed by atoms with E-state index in [2.05, 4.69) is 13.8 Å². The van der Waals surface area contributed by atoms with Crippen LogP contribution in [-0.2, 0) is 0 Å². The minimum atomic E-state index is -0.131. The van der Waals surface area contributed by atoms with Crippen LogP contribution in [0.3, 0.4) is 0 Å². The fourth-order valence-corrected chi connectivity index (χ4v) is 3.42. The van der Waals surface area contributed by atoms with Crippen LogP contribution in [0, 0.1) is 11.8 Å². The minimum Gasteiger partial charge on any atom is -0.338 e. The molecule has 2 atom stereocenters. The first-order valence-electron chi connectivity index (χ1n) is 8.12. The molecule has 0 saturated carbocycles. The van der Waals surface area contributed by atoms with Gasteiger partial charge in [0, 0.05) is 31.0 Å². The lowest BCUT2D eigenvalue weighted by molar-refractivity contribution is 0.0622. The second kappa shape index (κ2) is 6.41. The largest absolute Gasteiger partial charge is 0.338 e. The third-order valence-electron chi connectivity index (χ3n) is 4.35. The quantitative estimate of drug-likeness (QED) is 0.856. The summed E-state index contributed by atoms with van der Waals surface area (Å²) in [5.41, 5.74) is 1.20. The number of piperidine rings is 1. The van der Waals surface area contributed by atoms with Crippen LogP contribution < -0.4 is 5.56 Å². The highest BCUT2D eigenvalue weighted by atomic mass is 16.2. The average Bonchev–Trinajstić information content (AvgIpc) is 2.54. The summed E-state index contributed by atoms with van der Waals surface area (Å²) < 4.78 is 1.53. The second-order valence-corrected chi connectivity index (χ2v) is 6.62. The summed E-state index contributed by atoms with van der Waals surface area (Å²) in [7, 11) is 0. The van der Waals surface area contributed by atoms with Gasteiger partial charge in [-0.1, -0.05) is 32.0 Å². The van der Waals surface area contributed by atoms with Crippen molar-refractivity contribution in [3.05, 3.63) is 64.6 Å². The van der Waals surface area contributed by atoms with Gasteiger partial charge in [-0.2, -0.15) is 0 Å². The van der Waals surface area contributed by atoms with Crippen LogP contribution in [0.15, 0.2) is 53.5 Å². The molecule has 0 N–H and O–H groups in total. The molecular formula is C19H22N2O2. The van der Waals surface area contributed by atoms with Gasteiger partial charge in [-0.15, -0.1) is 0 Å². The fourth-order valence-electron chi connectivity index (χ4n) is 3.42. The Hall–Kier alpha value is -2.36. The Bertz CT molecular complexity index is 741. The van der Waals surface area contributed by atoms with Gasteiger partial charge in [0.2, 0.25) is 0 Å². The van der Waals surface area contributed by atoms with Crippen LogP contribution >= 0.6 is 0 Å². The van der Waals surface area contributed by atoms with E-state index in [1.165, 1.54) is 10.6 Å². The lowest BCUT2D eigenvalue weighted by Crippen LogP contribution is -2.42. The first-order valence-corrected chi connectivity index (χ1v) is 8.12. The SMILES string of the molecule is C[C@H]1C[C@H](C)CN(C(=O)c2ccc(=O)n(-c3ccccc3)c2)C1. The summed E-state index contributed by atoms with van der Waals surface area (Å²) in [5, 5.41) is 0. The molecule has 3 rings (SSSR count). The van der Waals surface area contributed by atoms with E-state index < -0.39 is 0 Å². The molecule has 1 aliphatic rings. The number of pyridine rings is 1. The standard InChI is InChI=1S/C19H22N2O2/c1-14-10-15(2)12-20(11-14)19(23)16-8-9-18(22)21(13-16)17-6-4-3-5-7-17/h3-9,13-15H,10-12H2,1-2H3/t14-,15-/m0/s1. The zero-order chi connectivity index (χ0) is 16.4. The second-order valence-electron chi connectivity index (χ2n) is 6.62. The van der Waals surface area contributed by atoms with Crippen LogP contribution in [0.4, 0.5) is 0 Å². The number of amides is 1. The van der Waals surface area contributed by atoms with E-state index in [1.807, 2.05) is 35.2 Å². The Kier molecular flexibility index (Phi) is 4.33. The molecule has 4 heteroatoms. The van der Waals surface area contributed by atoms with Crippen molar-refractivity contribution in [3.8, 4) is 5.69 Å². The molecule has 4 nitrogen and oxygen atoms in total. The summed E-state index contributed by atoms with van der Waals surface area (Å²) in [5.74, 6) is 1.04. The smallest absolute Gasteiger partial charge is 0.255 e. The number of aromatic nitrogens is 1. The molecule has 0 aliphatic carbocycles. The van der Waals surface area contributed by atoms with Crippen LogP contribution in [0.1, 0.15) is 30.6 Å². The fraction of sp³-hybridized carbons (Fsp3) is 0.368. The highest BCUT2D eigenvalue weighted by Crippen LogP contribution is 2.22. The molecule has 1 aromatic heterocycles. The van der Waals surface area contributed by atoms with Crippen molar-refractivity contribution in [2.75, 3.05) is 13.1 Å². The van der Waals surface area contributed by atoms with E-state index in [1.54, 1.807) is 12.3 Å². The summed E-state index contributed by atoms with van der Waals surface area (Å²) in [6.45, 7) is 5.93. The summed E-state index contributed by atoms with van der Waals surface area (Å²) >= 11 is 0. The van der Waals surface area contributed by atoms with Crippen molar-refractivity contribution in [2.24, 2.45) is 11.8 Å². The zero-order valence-electron chi connectivity index (χ0n) is 13.6. The topological polar surface area (TPSA) is 42.3 Å². The normalized spacial score (nSPS) is 21.2. The zero-order valence-corrected chi connectivity index (χ0v) is 13.6. The Morgan fingerprint density at radius 3 is 2.30 bits per heavy atom. The molecule has 2 heterocycles. The Labute approximate surface area is 136 Å². The molecule has 1 saturated heterocycles. The van der Waals surface area contributed by atoms with Crippen molar-refractivity contribution >= 4 is 5.91 Å². The predicted octanol–water partition coefficient (Wildman–Crippen LogP) is 2.96. The van der Waals surface area contributed by atoms with E-state index in [9.17, 15) is 9.59 Å². The summed E-state index contributed by atoms with van der Waals surface area (Å²) in [4.78, 5) is 26.8. The number of para-hydroxylation sites is 1. The number of benzene rings is 1. The first-order chi connectivity index (χ1) is 11.0. The highest BCUT2D eigenvalue weighted by Gasteiger charge is 2.26. The van der Waals surface area contributed by atoms with Crippen molar-refractivity contribution in [2.45, 2.75) is 20.3 Å². The maximum absolute atomic E-state index is 12.8. The van der Waals surface area contributed by atoms with Crippen molar-refractivity contribution in [1.29, 1.82) is 0 Å². The number of nitrogens with zero attached hydrogens (tertiary/aromatic N) is 2. The van der Waals surface area contributed by atoms with Crippen molar-refractivity contribution in [1.82, 2.24) is 9.47 Å². The molecule has 0 radical (unpaired) electrons. The van der Waals surface area contributed by atoms with E-state index in [0.717, 1.165) is 25.2 Å². The monoisotopic (exact) mass is 310 g/mol. The van der Waals surface area contributed by atoms with Crippen molar-refractivity contribution < 1.29 is 4.79 Å². The average molecular weight is 310 g/mol. The number of hydrogen-bond acceptors (Lipinski definition) is 2. The van der Waals surface area contributed by atoms with Crippen LogP contribution in [0.25, 0.3) is 5.69 Å². The third-order valence-corrected chi connectivity index (χ3v) is 4.35. The lowest BCUT2D eigenvalue weighted by atomic mass is 9.91. The Morgan fingerprint density at radius 1 is 1.00 bits per heavy atom. The molecule has 1 aromatic carbocycles. The summed E-state index contributed by atoms with van der Waals surface area (Å²) in [6, 6.07) is 12.5. The molecule has 1 amide bonds. The minimum absolute atomic E-state index is 0.00748. The van der Waals surface area contributed by atoms with E-state index in [4.69, 9.17) is 0 Å². The van der Waals surface area contributed by atoms with Gasteiger partial charge in [0.1, 0.15) is 0 Å². The van der Waals surface area contributed by atoms with Gasteiger partial charge in [-0.25, -0.2) is 0 Å². The molecule has 0 unspecified atom stereocenters. The van der Waals surface area contributed by atoms with E-state index >= 15 is 0 Å². The number of likely N-dealkylation sites (tertiary alicyclic amines) is 1. The van der Waals surface area contributed by atoms with E-state index in [0.29, 0.717) is 17.4 Å². The van der Waals surface area contributed by atoms with Gasteiger partial charge in [0.05, 0.1) is 5.56 Å². The van der Waals surface area contributed by atoms with Gasteiger partial charge >= 0.3 is 0 Å². The maximum atomic E-state index is 12.8. The number of hydrogen-bond donors (Lipinski definition) is 0. The van der Waals surface area contributed by atoms with Gasteiger partial charge in [-0.05, 0) is 36.5 Å². The highest BCUT2D eigenvalue weighted by molar-refractivity contribution is 5.94. The summed E-state index contributed by atoms with van der Waals surface area (Å²) in [6.07, 6.45) is 2.82. The van der Waals surface area contributed by atoms with Gasteiger partial charge < -0.3 is 4.90 Å². The molecule has 0 spiro atoms. The van der Waals surface area contributed by atoms with Gasteiger partial charge in [0.25, 0.3) is 11.5 Å². The Morgan fingerprint density at radius 2 is 1.65 bits per heavy atom. The number of carbonyl (C=O) groups is 1. The number of carbonyl (C=O) groups excluding carboxylic acids is 1. The van der Waals surface area contributed by atoms with Crippen molar-refractivity contribution in [3.63, 3.8) is 0 Å². The molecule has 1 fully saturated rings. The lowest BCUT2D eigenvalue weighted by Gasteiger charge is -2.35. The molecular weight excluding hydrogens is 288 g/mol. The molecule has 23 heavy (non-hydrogen) atoms. The molecule has 120 valence electrons. The maximum Gasteiger partial charge on any atom is 0.255 e. The van der Waals surface area contributed by atoms with Gasteiger partial charge in [-0.3, -0.25) is 14.2 Å². The first kappa shape index (κ1) is 15.5. The molecule has 0 bridgehead atoms. The third kappa shape index (κ3) is 3.36. The molecule has 2 aromatic rings. The van der Waals surface area contributed by atoms with Crippen LogP contribution in [0.2, 0.25) is 0 Å². The Balaban J connectivity index is 1.92. The molecule has 1 aliphatic heterocycles. The van der Waals surface area contributed by atoms with Crippen LogP contribution in [-0.4, -0.2) is 28.5 Å². The van der Waals surface area contributed by atoms with Crippen LogP contribution in [0.5, 0.6) is 0 Å².